The lowest BCUT2D eigenvalue weighted by Crippen LogP contribution is -2.31. The maximum Gasteiger partial charge on any atom is 0.273 e. The van der Waals surface area contributed by atoms with Gasteiger partial charge in [-0.2, -0.15) is 5.10 Å². The average molecular weight is 430 g/mol. The molecular weight excluding hydrogens is 409 g/mol. The number of phenols is 1. The lowest BCUT2D eigenvalue weighted by molar-refractivity contribution is 0.0723. The predicted octanol–water partition coefficient (Wildman–Crippen LogP) is 4.46. The van der Waals surface area contributed by atoms with Gasteiger partial charge >= 0.3 is 0 Å². The second-order valence-electron chi connectivity index (χ2n) is 7.28. The van der Waals surface area contributed by atoms with Gasteiger partial charge in [0.25, 0.3) is 5.91 Å². The number of aromatic hydroxyl groups is 1. The first kappa shape index (κ1) is 20.4. The van der Waals surface area contributed by atoms with Crippen LogP contribution in [0.2, 0.25) is 5.02 Å². The van der Waals surface area contributed by atoms with E-state index >= 15 is 0 Å². The molecule has 0 radical (unpaired) electrons. The summed E-state index contributed by atoms with van der Waals surface area (Å²) in [5, 5.41) is 18.2. The third kappa shape index (κ3) is 3.44. The van der Waals surface area contributed by atoms with E-state index in [9.17, 15) is 14.3 Å². The molecule has 0 bridgehead atoms. The Morgan fingerprint density at radius 3 is 2.73 bits per heavy atom. The molecular formula is C22H21ClFN3O3. The molecule has 3 aromatic rings. The molecule has 1 aromatic heterocycles. The number of carbonyl (C=O) groups is 1. The van der Waals surface area contributed by atoms with Crippen LogP contribution in [0.25, 0.3) is 11.3 Å². The number of methoxy groups -OCH3 is 1. The quantitative estimate of drug-likeness (QED) is 0.567. The number of aromatic nitrogens is 2. The average Bonchev–Trinajstić information content (AvgIpc) is 3.25. The fraction of sp³-hybridized carbons (Fsp3) is 0.273. The minimum absolute atomic E-state index is 0.0225. The minimum atomic E-state index is -0.474. The topological polar surface area (TPSA) is 78.5 Å². The lowest BCUT2D eigenvalue weighted by Gasteiger charge is -2.26. The first-order chi connectivity index (χ1) is 14.4. The molecule has 0 aliphatic carbocycles. The molecule has 1 aliphatic heterocycles. The molecule has 30 heavy (non-hydrogen) atoms. The van der Waals surface area contributed by atoms with Crippen LogP contribution in [0.3, 0.4) is 0 Å². The fourth-order valence-corrected chi connectivity index (χ4v) is 4.02. The molecule has 2 heterocycles. The van der Waals surface area contributed by atoms with E-state index in [4.69, 9.17) is 16.3 Å². The lowest BCUT2D eigenvalue weighted by atomic mass is 9.95. The third-order valence-electron chi connectivity index (χ3n) is 5.33. The van der Waals surface area contributed by atoms with Crippen LogP contribution in [0.15, 0.2) is 36.4 Å². The number of hydrogen-bond donors (Lipinski definition) is 2. The van der Waals surface area contributed by atoms with E-state index in [0.717, 1.165) is 11.1 Å². The van der Waals surface area contributed by atoms with Gasteiger partial charge in [-0.3, -0.25) is 9.89 Å². The van der Waals surface area contributed by atoms with Gasteiger partial charge in [0.1, 0.15) is 23.0 Å². The van der Waals surface area contributed by atoms with E-state index in [0.29, 0.717) is 47.1 Å². The molecule has 156 valence electrons. The Morgan fingerprint density at radius 1 is 1.30 bits per heavy atom. The number of H-pyrrole nitrogens is 1. The predicted molar refractivity (Wildman–Crippen MR) is 111 cm³/mol. The number of halogens is 2. The van der Waals surface area contributed by atoms with E-state index < -0.39 is 6.04 Å². The summed E-state index contributed by atoms with van der Waals surface area (Å²) in [6.45, 7) is 2.76. The van der Waals surface area contributed by atoms with Crippen molar-refractivity contribution in [1.29, 1.82) is 0 Å². The first-order valence-electron chi connectivity index (χ1n) is 9.55. The highest BCUT2D eigenvalue weighted by molar-refractivity contribution is 6.31. The first-order valence-corrected chi connectivity index (χ1v) is 9.93. The number of aromatic amines is 1. The summed E-state index contributed by atoms with van der Waals surface area (Å²) in [7, 11) is 1.61. The van der Waals surface area contributed by atoms with Crippen LogP contribution in [-0.4, -0.2) is 46.4 Å². The highest BCUT2D eigenvalue weighted by Crippen LogP contribution is 2.45. The molecule has 8 heteroatoms. The van der Waals surface area contributed by atoms with Crippen LogP contribution in [0.1, 0.15) is 39.6 Å². The maximum absolute atomic E-state index is 13.5. The highest BCUT2D eigenvalue weighted by Gasteiger charge is 2.42. The summed E-state index contributed by atoms with van der Waals surface area (Å²) in [6, 6.07) is 8.78. The number of aryl methyl sites for hydroxylation is 1. The second kappa shape index (κ2) is 8.08. The van der Waals surface area contributed by atoms with Crippen molar-refractivity contribution in [2.45, 2.75) is 19.4 Å². The van der Waals surface area contributed by atoms with Gasteiger partial charge in [0.2, 0.25) is 0 Å². The van der Waals surface area contributed by atoms with Gasteiger partial charge in [-0.1, -0.05) is 23.7 Å². The smallest absolute Gasteiger partial charge is 0.273 e. The van der Waals surface area contributed by atoms with Gasteiger partial charge < -0.3 is 14.7 Å². The summed E-state index contributed by atoms with van der Waals surface area (Å²) < 4.78 is 18.7. The van der Waals surface area contributed by atoms with Crippen molar-refractivity contribution in [2.75, 3.05) is 20.3 Å². The zero-order valence-electron chi connectivity index (χ0n) is 16.6. The summed E-state index contributed by atoms with van der Waals surface area (Å²) >= 11 is 6.28. The number of ether oxygens (including phenoxy) is 1. The maximum atomic E-state index is 13.5. The molecule has 2 aromatic carbocycles. The number of amides is 1. The number of nitrogens with zero attached hydrogens (tertiary/aromatic N) is 2. The molecule has 1 unspecified atom stereocenters. The molecule has 0 saturated heterocycles. The molecule has 2 N–H and O–H groups in total. The number of rotatable bonds is 6. The van der Waals surface area contributed by atoms with Crippen LogP contribution >= 0.6 is 11.6 Å². The molecule has 4 rings (SSSR count). The van der Waals surface area contributed by atoms with Crippen LogP contribution in [-0.2, 0) is 4.74 Å². The molecule has 1 atom stereocenters. The minimum Gasteiger partial charge on any atom is -0.507 e. The number of fused-ring (bicyclic) bond motifs is 1. The summed E-state index contributed by atoms with van der Waals surface area (Å²) in [4.78, 5) is 14.9. The molecule has 6 nitrogen and oxygen atoms in total. The number of phenolic OH excluding ortho intramolecular Hbond substituents is 1. The zero-order valence-corrected chi connectivity index (χ0v) is 17.3. The molecule has 0 spiro atoms. The standard InChI is InChI=1S/C22H21ClFN3O3/c1-12-10-17(28)15(11-16(12)23)19-18-20(26-25-19)22(29)27(8-3-9-30-2)21(18)13-4-6-14(24)7-5-13/h4-7,10-11,21,28H,3,8-9H2,1-2H3,(H,25,26). The van der Waals surface area contributed by atoms with Crippen molar-refractivity contribution in [3.8, 4) is 17.0 Å². The molecule has 0 saturated carbocycles. The number of hydrogen-bond acceptors (Lipinski definition) is 4. The Balaban J connectivity index is 1.86. The van der Waals surface area contributed by atoms with Gasteiger partial charge in [0.05, 0.1) is 6.04 Å². The zero-order chi connectivity index (χ0) is 21.4. The Hall–Kier alpha value is -2.90. The number of nitrogens with one attached hydrogen (secondary N) is 1. The van der Waals surface area contributed by atoms with Crippen molar-refractivity contribution in [2.24, 2.45) is 0 Å². The van der Waals surface area contributed by atoms with Crippen LogP contribution in [0, 0.1) is 12.7 Å². The fourth-order valence-electron chi connectivity index (χ4n) is 3.86. The van der Waals surface area contributed by atoms with Crippen LogP contribution in [0.4, 0.5) is 4.39 Å². The van der Waals surface area contributed by atoms with Gasteiger partial charge in [0.15, 0.2) is 0 Å². The van der Waals surface area contributed by atoms with Crippen molar-refractivity contribution in [3.63, 3.8) is 0 Å². The number of carbonyl (C=O) groups excluding carboxylic acids is 1. The van der Waals surface area contributed by atoms with Gasteiger partial charge in [-0.15, -0.1) is 0 Å². The van der Waals surface area contributed by atoms with Gasteiger partial charge in [-0.05, 0) is 48.7 Å². The van der Waals surface area contributed by atoms with Gasteiger partial charge in [0, 0.05) is 36.4 Å². The Labute approximate surface area is 178 Å². The Morgan fingerprint density at radius 2 is 2.03 bits per heavy atom. The van der Waals surface area contributed by atoms with Gasteiger partial charge in [-0.25, -0.2) is 4.39 Å². The number of benzene rings is 2. The SMILES string of the molecule is COCCCN1C(=O)c2[nH]nc(-c3cc(Cl)c(C)cc3O)c2C1c1ccc(F)cc1. The second-order valence-corrected chi connectivity index (χ2v) is 7.69. The monoisotopic (exact) mass is 429 g/mol. The third-order valence-corrected chi connectivity index (χ3v) is 5.74. The summed E-state index contributed by atoms with van der Waals surface area (Å²) in [5.74, 6) is -0.536. The van der Waals surface area contributed by atoms with E-state index in [1.54, 1.807) is 43.2 Å². The molecule has 1 amide bonds. The van der Waals surface area contributed by atoms with Crippen LogP contribution < -0.4 is 0 Å². The highest BCUT2D eigenvalue weighted by atomic mass is 35.5. The van der Waals surface area contributed by atoms with Crippen molar-refractivity contribution in [1.82, 2.24) is 15.1 Å². The van der Waals surface area contributed by atoms with Crippen LogP contribution in [0.5, 0.6) is 5.75 Å². The summed E-state index contributed by atoms with van der Waals surface area (Å²) in [6.07, 6.45) is 0.647. The van der Waals surface area contributed by atoms with Crippen molar-refractivity contribution in [3.05, 3.63) is 69.6 Å². The van der Waals surface area contributed by atoms with E-state index in [2.05, 4.69) is 10.2 Å². The van der Waals surface area contributed by atoms with Crippen molar-refractivity contribution >= 4 is 17.5 Å². The van der Waals surface area contributed by atoms with Crippen molar-refractivity contribution < 1.29 is 19.0 Å². The molecule has 0 fully saturated rings. The van der Waals surface area contributed by atoms with E-state index in [1.807, 2.05) is 0 Å². The van der Waals surface area contributed by atoms with E-state index in [1.165, 1.54) is 12.1 Å². The summed E-state index contributed by atoms with van der Waals surface area (Å²) in [5.41, 5.74) is 3.36. The van der Waals surface area contributed by atoms with E-state index in [-0.39, 0.29) is 17.5 Å². The Kier molecular flexibility index (Phi) is 5.49. The Bertz CT molecular complexity index is 1100. The normalized spacial score (nSPS) is 15.7. The molecule has 1 aliphatic rings. The largest absolute Gasteiger partial charge is 0.507 e.